The highest BCUT2D eigenvalue weighted by atomic mass is 31.2. The molecule has 0 amide bonds. The van der Waals surface area contributed by atoms with Crippen molar-refractivity contribution in [1.82, 2.24) is 0 Å². The third-order valence-electron chi connectivity index (χ3n) is 5.65. The van der Waals surface area contributed by atoms with E-state index in [1.165, 1.54) is 11.1 Å². The first-order valence-corrected chi connectivity index (χ1v) is 8.76. The van der Waals surface area contributed by atoms with Crippen molar-refractivity contribution in [1.29, 1.82) is 0 Å². The Hall–Kier alpha value is -0.190. The lowest BCUT2D eigenvalue weighted by Gasteiger charge is -2.48. The molecule has 4 atom stereocenters. The maximum absolute atomic E-state index is 11.5. The molecule has 6 heteroatoms. The number of ether oxygens (including phenoxy) is 1. The van der Waals surface area contributed by atoms with Crippen molar-refractivity contribution < 1.29 is 24.2 Å². The molecule has 2 saturated carbocycles. The smallest absolute Gasteiger partial charge is 0.117 e. The van der Waals surface area contributed by atoms with Gasteiger partial charge in [-0.3, -0.25) is 0 Å². The summed E-state index contributed by atoms with van der Waals surface area (Å²) in [7, 11) is -5.10. The quantitative estimate of drug-likeness (QED) is 0.574. The summed E-state index contributed by atoms with van der Waals surface area (Å²) in [6, 6.07) is 0. The Bertz CT molecular complexity index is 506. The molecule has 2 aliphatic carbocycles. The summed E-state index contributed by atoms with van der Waals surface area (Å²) in [5, 5.41) is 8.19. The van der Waals surface area contributed by atoms with Crippen molar-refractivity contribution in [2.75, 3.05) is 6.61 Å². The predicted octanol–water partition coefficient (Wildman–Crippen LogP) is 0.904. The van der Waals surface area contributed by atoms with E-state index in [0.29, 0.717) is 19.4 Å². The third-order valence-corrected chi connectivity index (χ3v) is 7.11. The third kappa shape index (κ3) is 1.87. The van der Waals surface area contributed by atoms with Gasteiger partial charge in [-0.1, -0.05) is 11.1 Å². The van der Waals surface area contributed by atoms with Crippen LogP contribution in [0.15, 0.2) is 11.1 Å². The van der Waals surface area contributed by atoms with Crippen LogP contribution in [0.1, 0.15) is 46.0 Å². The van der Waals surface area contributed by atoms with Crippen LogP contribution < -0.4 is 9.79 Å². The van der Waals surface area contributed by atoms with Crippen LogP contribution in [0.5, 0.6) is 0 Å². The average molecular weight is 300 g/mol. The van der Waals surface area contributed by atoms with E-state index in [4.69, 9.17) is 4.74 Å². The molecule has 3 aliphatic rings. The molecule has 0 aromatic carbocycles. The maximum atomic E-state index is 11.5. The molecule has 1 aliphatic heterocycles. The molecule has 0 aromatic heterocycles. The van der Waals surface area contributed by atoms with Crippen molar-refractivity contribution in [2.45, 2.75) is 57.4 Å². The van der Waals surface area contributed by atoms with Crippen LogP contribution in [0.2, 0.25) is 0 Å². The van der Waals surface area contributed by atoms with Gasteiger partial charge in [0.2, 0.25) is 0 Å². The van der Waals surface area contributed by atoms with Gasteiger partial charge in [-0.25, -0.2) is 0 Å². The number of hydrogen-bond acceptors (Lipinski definition) is 5. The second-order valence-corrected chi connectivity index (χ2v) is 8.63. The standard InChI is InChI=1S/C14H23O5P/c1-9(2)10-3-5-13-7-12(19-8-13)14(15,20(16,17)18)6-4-11(10)13/h11-12,15H,3-8H2,1-2H3,(H2,16,17,18)/p-2/t11-,12+,13+,14-/m0/s1. The van der Waals surface area contributed by atoms with Gasteiger partial charge in [0, 0.05) is 5.41 Å². The summed E-state index contributed by atoms with van der Waals surface area (Å²) >= 11 is 0. The number of rotatable bonds is 1. The van der Waals surface area contributed by atoms with E-state index in [-0.39, 0.29) is 17.8 Å². The van der Waals surface area contributed by atoms with Crippen molar-refractivity contribution >= 4 is 7.60 Å². The SMILES string of the molecule is CC(C)=C1CC[C@]23CO[C@H](C2)[C@@](O)(P(=O)([O-])[O-])CC[C@@H]13. The summed E-state index contributed by atoms with van der Waals surface area (Å²) in [5.41, 5.74) is 2.56. The number of hydrogen-bond donors (Lipinski definition) is 1. The fourth-order valence-electron chi connectivity index (χ4n) is 4.48. The summed E-state index contributed by atoms with van der Waals surface area (Å²) in [4.78, 5) is 23.0. The van der Waals surface area contributed by atoms with E-state index >= 15 is 0 Å². The molecule has 114 valence electrons. The molecule has 0 radical (unpaired) electrons. The van der Waals surface area contributed by atoms with E-state index in [0.717, 1.165) is 12.8 Å². The molecule has 1 saturated heterocycles. The summed E-state index contributed by atoms with van der Waals surface area (Å²) in [6.07, 6.45) is 2.17. The van der Waals surface area contributed by atoms with Crippen molar-refractivity contribution in [2.24, 2.45) is 11.3 Å². The Morgan fingerprint density at radius 1 is 1.40 bits per heavy atom. The van der Waals surface area contributed by atoms with Gasteiger partial charge in [-0.05, 0) is 59.5 Å². The first kappa shape index (κ1) is 14.7. The molecule has 1 heterocycles. The van der Waals surface area contributed by atoms with Crippen LogP contribution in [0.4, 0.5) is 0 Å². The minimum Gasteiger partial charge on any atom is -0.809 e. The molecule has 3 fully saturated rings. The minimum atomic E-state index is -5.10. The van der Waals surface area contributed by atoms with Crippen LogP contribution in [0.25, 0.3) is 0 Å². The summed E-state index contributed by atoms with van der Waals surface area (Å²) in [5.74, 6) is 0.248. The highest BCUT2D eigenvalue weighted by Crippen LogP contribution is 2.63. The van der Waals surface area contributed by atoms with Crippen molar-refractivity contribution in [3.05, 3.63) is 11.1 Å². The molecule has 1 N–H and O–H groups in total. The highest BCUT2D eigenvalue weighted by Gasteiger charge is 2.59. The predicted molar refractivity (Wildman–Crippen MR) is 69.7 cm³/mol. The molecule has 2 bridgehead atoms. The average Bonchev–Trinajstić information content (AvgIpc) is 2.87. The van der Waals surface area contributed by atoms with Gasteiger partial charge in [-0.2, -0.15) is 0 Å². The van der Waals surface area contributed by atoms with Gasteiger partial charge >= 0.3 is 0 Å². The number of fused-ring (bicyclic) bond motifs is 1. The fraction of sp³-hybridized carbons (Fsp3) is 0.857. The molecular formula is C14H21O5P-2. The van der Waals surface area contributed by atoms with Gasteiger partial charge in [0.25, 0.3) is 0 Å². The van der Waals surface area contributed by atoms with Gasteiger partial charge < -0.3 is 24.2 Å². The zero-order valence-electron chi connectivity index (χ0n) is 11.9. The topological polar surface area (TPSA) is 92.7 Å². The Balaban J connectivity index is 2.01. The number of aliphatic hydroxyl groups is 1. The maximum Gasteiger partial charge on any atom is 0.117 e. The first-order chi connectivity index (χ1) is 9.20. The van der Waals surface area contributed by atoms with E-state index < -0.39 is 19.0 Å². The van der Waals surface area contributed by atoms with Gasteiger partial charge in [0.15, 0.2) is 0 Å². The molecule has 20 heavy (non-hydrogen) atoms. The minimum absolute atomic E-state index is 0.00879. The van der Waals surface area contributed by atoms with E-state index in [1.807, 2.05) is 0 Å². The second-order valence-electron chi connectivity index (χ2n) is 6.86. The lowest BCUT2D eigenvalue weighted by Crippen LogP contribution is -2.48. The number of allylic oxidation sites excluding steroid dienone is 2. The summed E-state index contributed by atoms with van der Waals surface area (Å²) in [6.45, 7) is 4.61. The largest absolute Gasteiger partial charge is 0.809 e. The van der Waals surface area contributed by atoms with Crippen LogP contribution >= 0.6 is 7.60 Å². The van der Waals surface area contributed by atoms with E-state index in [2.05, 4.69) is 13.8 Å². The zero-order valence-corrected chi connectivity index (χ0v) is 12.8. The van der Waals surface area contributed by atoms with Gasteiger partial charge in [0.1, 0.15) is 5.34 Å². The monoisotopic (exact) mass is 300 g/mol. The molecule has 1 spiro atoms. The molecular weight excluding hydrogens is 279 g/mol. The van der Waals surface area contributed by atoms with Crippen LogP contribution in [0, 0.1) is 11.3 Å². The van der Waals surface area contributed by atoms with Crippen LogP contribution in [-0.4, -0.2) is 23.2 Å². The van der Waals surface area contributed by atoms with E-state index in [9.17, 15) is 19.5 Å². The Kier molecular flexibility index (Phi) is 3.24. The van der Waals surface area contributed by atoms with Gasteiger partial charge in [0.05, 0.1) is 12.7 Å². The molecule has 0 unspecified atom stereocenters. The lowest BCUT2D eigenvalue weighted by molar-refractivity contribution is -0.334. The van der Waals surface area contributed by atoms with Crippen LogP contribution in [-0.2, 0) is 9.30 Å². The first-order valence-electron chi connectivity index (χ1n) is 7.22. The fourth-order valence-corrected chi connectivity index (χ4v) is 5.40. The molecule has 0 aromatic rings. The normalized spacial score (nSPS) is 44.4. The van der Waals surface area contributed by atoms with E-state index in [1.54, 1.807) is 0 Å². The molecule has 5 nitrogen and oxygen atoms in total. The Morgan fingerprint density at radius 3 is 2.70 bits per heavy atom. The Labute approximate surface area is 119 Å². The van der Waals surface area contributed by atoms with Crippen LogP contribution in [0.3, 0.4) is 0 Å². The summed E-state index contributed by atoms with van der Waals surface area (Å²) < 4.78 is 17.1. The van der Waals surface area contributed by atoms with Gasteiger partial charge in [-0.15, -0.1) is 0 Å². The second kappa shape index (κ2) is 4.40. The molecule has 3 rings (SSSR count). The lowest BCUT2D eigenvalue weighted by atomic mass is 9.74. The zero-order chi connectivity index (χ0) is 14.8. The van der Waals surface area contributed by atoms with Crippen molar-refractivity contribution in [3.8, 4) is 0 Å². The van der Waals surface area contributed by atoms with Crippen molar-refractivity contribution in [3.63, 3.8) is 0 Å². The Morgan fingerprint density at radius 2 is 2.10 bits per heavy atom. The highest BCUT2D eigenvalue weighted by molar-refractivity contribution is 7.50.